The number of benzene rings is 2. The second-order valence-corrected chi connectivity index (χ2v) is 7.35. The van der Waals surface area contributed by atoms with E-state index in [2.05, 4.69) is 91.5 Å². The molecular formula is C20H18S. The van der Waals surface area contributed by atoms with Crippen LogP contribution in [0.25, 0.3) is 0 Å². The van der Waals surface area contributed by atoms with Crippen molar-refractivity contribution in [3.05, 3.63) is 95.1 Å². The first-order valence-corrected chi connectivity index (χ1v) is 8.33. The van der Waals surface area contributed by atoms with Gasteiger partial charge < -0.3 is 0 Å². The average Bonchev–Trinajstić information content (AvgIpc) is 3.24. The summed E-state index contributed by atoms with van der Waals surface area (Å²) in [6, 6.07) is 19.7. The second-order valence-electron chi connectivity index (χ2n) is 5.93. The summed E-state index contributed by atoms with van der Waals surface area (Å²) in [4.78, 5) is 0. The summed E-state index contributed by atoms with van der Waals surface area (Å²) >= 11 is 2.06. The van der Waals surface area contributed by atoms with Gasteiger partial charge in [0.2, 0.25) is 0 Å². The highest BCUT2D eigenvalue weighted by molar-refractivity contribution is 8.08. The first-order valence-electron chi connectivity index (χ1n) is 7.45. The fourth-order valence-corrected chi connectivity index (χ4v) is 4.34. The lowest BCUT2D eigenvalue weighted by Crippen LogP contribution is -2.11. The van der Waals surface area contributed by atoms with Crippen LogP contribution in [0, 0.1) is 6.92 Å². The first kappa shape index (κ1) is 13.0. The van der Waals surface area contributed by atoms with Crippen LogP contribution in [0.3, 0.4) is 0 Å². The smallest absolute Gasteiger partial charge is 0.0751 e. The molecule has 1 saturated heterocycles. The van der Waals surface area contributed by atoms with Crippen molar-refractivity contribution in [3.8, 4) is 0 Å². The van der Waals surface area contributed by atoms with E-state index in [0.29, 0.717) is 5.25 Å². The van der Waals surface area contributed by atoms with Gasteiger partial charge in [-0.3, -0.25) is 0 Å². The Balaban J connectivity index is 1.54. The summed E-state index contributed by atoms with van der Waals surface area (Å²) in [5.74, 6) is 0. The molecule has 0 aromatic heterocycles. The minimum Gasteiger partial charge on any atom is -0.135 e. The standard InChI is InChI=1S/C20H18S/c1-15-7-9-18(10-8-15)20-12-11-17(14-19(20)21-20)13-16-5-3-2-4-6-16/h2-12,14,19H,13H2,1H3. The van der Waals surface area contributed by atoms with Gasteiger partial charge in [0.25, 0.3) is 0 Å². The molecule has 104 valence electrons. The number of hydrogen-bond acceptors (Lipinski definition) is 1. The van der Waals surface area contributed by atoms with E-state index in [9.17, 15) is 0 Å². The molecule has 0 nitrogen and oxygen atoms in total. The van der Waals surface area contributed by atoms with Gasteiger partial charge in [-0.15, -0.1) is 11.8 Å². The van der Waals surface area contributed by atoms with Gasteiger partial charge in [-0.2, -0.15) is 0 Å². The summed E-state index contributed by atoms with van der Waals surface area (Å²) < 4.78 is 0.216. The van der Waals surface area contributed by atoms with Gasteiger partial charge in [-0.1, -0.05) is 78.4 Å². The largest absolute Gasteiger partial charge is 0.135 e. The summed E-state index contributed by atoms with van der Waals surface area (Å²) in [7, 11) is 0. The van der Waals surface area contributed by atoms with E-state index in [1.54, 1.807) is 0 Å². The molecule has 1 aliphatic carbocycles. The van der Waals surface area contributed by atoms with Crippen LogP contribution in [-0.4, -0.2) is 5.25 Å². The highest BCUT2D eigenvalue weighted by Gasteiger charge is 2.54. The van der Waals surface area contributed by atoms with Gasteiger partial charge >= 0.3 is 0 Å². The quantitative estimate of drug-likeness (QED) is 0.713. The molecular weight excluding hydrogens is 272 g/mol. The van der Waals surface area contributed by atoms with Crippen LogP contribution in [0.5, 0.6) is 0 Å². The zero-order valence-corrected chi connectivity index (χ0v) is 12.9. The van der Waals surface area contributed by atoms with Crippen molar-refractivity contribution in [1.82, 2.24) is 0 Å². The van der Waals surface area contributed by atoms with Crippen molar-refractivity contribution in [3.63, 3.8) is 0 Å². The molecule has 0 N–H and O–H groups in total. The zero-order valence-electron chi connectivity index (χ0n) is 12.1. The minimum absolute atomic E-state index is 0.216. The van der Waals surface area contributed by atoms with Crippen molar-refractivity contribution in [1.29, 1.82) is 0 Å². The summed E-state index contributed by atoms with van der Waals surface area (Å²) in [6.07, 6.45) is 8.23. The molecule has 2 aromatic carbocycles. The maximum atomic E-state index is 2.46. The number of hydrogen-bond donors (Lipinski definition) is 0. The molecule has 1 fully saturated rings. The topological polar surface area (TPSA) is 0 Å². The van der Waals surface area contributed by atoms with Gasteiger partial charge in [-0.05, 0) is 30.0 Å². The molecule has 1 aliphatic heterocycles. The predicted octanol–water partition coefficient (Wildman–Crippen LogP) is 5.04. The van der Waals surface area contributed by atoms with E-state index in [1.807, 2.05) is 0 Å². The third kappa shape index (κ3) is 2.36. The third-order valence-electron chi connectivity index (χ3n) is 4.35. The fourth-order valence-electron chi connectivity index (χ4n) is 3.04. The van der Waals surface area contributed by atoms with Gasteiger partial charge in [0.1, 0.15) is 0 Å². The Morgan fingerprint density at radius 3 is 2.48 bits per heavy atom. The molecule has 1 heterocycles. The van der Waals surface area contributed by atoms with E-state index in [-0.39, 0.29) is 4.75 Å². The van der Waals surface area contributed by atoms with Crippen LogP contribution in [0.1, 0.15) is 16.7 Å². The van der Waals surface area contributed by atoms with Crippen molar-refractivity contribution < 1.29 is 0 Å². The van der Waals surface area contributed by atoms with Gasteiger partial charge in [0.05, 0.1) is 4.75 Å². The molecule has 0 spiro atoms. The number of aryl methyl sites for hydroxylation is 1. The van der Waals surface area contributed by atoms with Crippen LogP contribution in [0.4, 0.5) is 0 Å². The van der Waals surface area contributed by atoms with Crippen LogP contribution < -0.4 is 0 Å². The summed E-state index contributed by atoms with van der Waals surface area (Å²) in [5.41, 5.74) is 5.60. The van der Waals surface area contributed by atoms with Crippen molar-refractivity contribution in [2.24, 2.45) is 0 Å². The third-order valence-corrected chi connectivity index (χ3v) is 5.88. The van der Waals surface area contributed by atoms with Crippen LogP contribution >= 0.6 is 11.8 Å². The Hall–Kier alpha value is -1.73. The summed E-state index contributed by atoms with van der Waals surface area (Å²) in [5, 5.41) is 0.615. The lowest BCUT2D eigenvalue weighted by molar-refractivity contribution is 0.887. The van der Waals surface area contributed by atoms with E-state index >= 15 is 0 Å². The van der Waals surface area contributed by atoms with Crippen LogP contribution in [-0.2, 0) is 11.2 Å². The highest BCUT2D eigenvalue weighted by Crippen LogP contribution is 2.64. The number of fused-ring (bicyclic) bond motifs is 1. The van der Waals surface area contributed by atoms with Gasteiger partial charge in [-0.25, -0.2) is 0 Å². The molecule has 2 atom stereocenters. The van der Waals surface area contributed by atoms with E-state index in [4.69, 9.17) is 0 Å². The Kier molecular flexibility index (Phi) is 3.04. The SMILES string of the molecule is Cc1ccc(C23C=CC(Cc4ccccc4)=CC2S3)cc1. The van der Waals surface area contributed by atoms with Crippen LogP contribution in [0.15, 0.2) is 78.4 Å². The van der Waals surface area contributed by atoms with Crippen molar-refractivity contribution in [2.45, 2.75) is 23.3 Å². The molecule has 4 rings (SSSR count). The van der Waals surface area contributed by atoms with E-state index in [1.165, 1.54) is 22.3 Å². The van der Waals surface area contributed by atoms with Crippen molar-refractivity contribution >= 4 is 11.8 Å². The lowest BCUT2D eigenvalue weighted by atomic mass is 9.88. The average molecular weight is 290 g/mol. The van der Waals surface area contributed by atoms with Crippen LogP contribution in [0.2, 0.25) is 0 Å². The number of rotatable bonds is 3. The molecule has 0 amide bonds. The minimum atomic E-state index is 0.216. The maximum absolute atomic E-state index is 2.46. The lowest BCUT2D eigenvalue weighted by Gasteiger charge is -2.15. The van der Waals surface area contributed by atoms with Gasteiger partial charge in [0, 0.05) is 5.25 Å². The molecule has 0 radical (unpaired) electrons. The molecule has 2 aromatic rings. The Morgan fingerprint density at radius 1 is 1.00 bits per heavy atom. The number of thioether (sulfide) groups is 1. The number of allylic oxidation sites excluding steroid dienone is 2. The molecule has 21 heavy (non-hydrogen) atoms. The van der Waals surface area contributed by atoms with Crippen molar-refractivity contribution in [2.75, 3.05) is 0 Å². The molecule has 0 bridgehead atoms. The van der Waals surface area contributed by atoms with Gasteiger partial charge in [0.15, 0.2) is 0 Å². The highest BCUT2D eigenvalue weighted by atomic mass is 32.2. The molecule has 2 unspecified atom stereocenters. The normalized spacial score (nSPS) is 26.1. The van der Waals surface area contributed by atoms with E-state index < -0.39 is 0 Å². The zero-order chi connectivity index (χ0) is 14.3. The predicted molar refractivity (Wildman–Crippen MR) is 91.6 cm³/mol. The Morgan fingerprint density at radius 2 is 1.76 bits per heavy atom. The second kappa shape index (κ2) is 4.92. The first-order chi connectivity index (χ1) is 10.3. The Bertz CT molecular complexity index is 709. The monoisotopic (exact) mass is 290 g/mol. The summed E-state index contributed by atoms with van der Waals surface area (Å²) in [6.45, 7) is 2.15. The molecule has 1 heteroatoms. The Labute approximate surface area is 130 Å². The van der Waals surface area contributed by atoms with E-state index in [0.717, 1.165) is 6.42 Å². The maximum Gasteiger partial charge on any atom is 0.0751 e. The fraction of sp³-hybridized carbons (Fsp3) is 0.200. The molecule has 0 saturated carbocycles. The molecule has 2 aliphatic rings.